The SMILES string of the molecule is CC(C)OC(=O)C(F)(F)S(C)(=O)=O. The highest BCUT2D eigenvalue weighted by atomic mass is 32.2. The first-order valence-electron chi connectivity index (χ1n) is 3.37. The third-order valence-electron chi connectivity index (χ3n) is 1.05. The first-order valence-corrected chi connectivity index (χ1v) is 5.26. The van der Waals surface area contributed by atoms with E-state index in [4.69, 9.17) is 0 Å². The Bertz CT molecular complexity index is 294. The lowest BCUT2D eigenvalue weighted by atomic mass is 10.5. The van der Waals surface area contributed by atoms with E-state index >= 15 is 0 Å². The second kappa shape index (κ2) is 3.57. The molecule has 0 aromatic rings. The lowest BCUT2D eigenvalue weighted by Crippen LogP contribution is -2.39. The molecule has 0 bridgehead atoms. The van der Waals surface area contributed by atoms with Crippen LogP contribution in [0, 0.1) is 0 Å². The van der Waals surface area contributed by atoms with Crippen LogP contribution in [0.1, 0.15) is 13.8 Å². The molecule has 0 aliphatic heterocycles. The second-order valence-corrected chi connectivity index (χ2v) is 4.80. The Morgan fingerprint density at radius 1 is 1.38 bits per heavy atom. The van der Waals surface area contributed by atoms with Gasteiger partial charge in [0.25, 0.3) is 0 Å². The van der Waals surface area contributed by atoms with Crippen molar-refractivity contribution in [3.05, 3.63) is 0 Å². The summed E-state index contributed by atoms with van der Waals surface area (Å²) in [5.41, 5.74) is 0. The smallest absolute Gasteiger partial charge is 0.439 e. The fraction of sp³-hybridized carbons (Fsp3) is 0.833. The van der Waals surface area contributed by atoms with Crippen molar-refractivity contribution in [3.8, 4) is 0 Å². The maximum absolute atomic E-state index is 12.6. The normalized spacial score (nSPS) is 13.1. The molecule has 0 amide bonds. The van der Waals surface area contributed by atoms with Crippen LogP contribution in [-0.4, -0.2) is 32.0 Å². The zero-order valence-corrected chi connectivity index (χ0v) is 8.19. The van der Waals surface area contributed by atoms with Crippen molar-refractivity contribution in [1.82, 2.24) is 0 Å². The molecule has 0 aromatic carbocycles. The molecule has 4 nitrogen and oxygen atoms in total. The number of rotatable bonds is 3. The summed E-state index contributed by atoms with van der Waals surface area (Å²) < 4.78 is 50.2. The molecule has 7 heteroatoms. The zero-order valence-electron chi connectivity index (χ0n) is 7.37. The molecule has 0 heterocycles. The van der Waals surface area contributed by atoms with E-state index in [0.717, 1.165) is 0 Å². The fourth-order valence-electron chi connectivity index (χ4n) is 0.434. The minimum Gasteiger partial charge on any atom is -0.458 e. The van der Waals surface area contributed by atoms with Crippen LogP contribution in [0.5, 0.6) is 0 Å². The minimum atomic E-state index is -4.76. The summed E-state index contributed by atoms with van der Waals surface area (Å²) in [4.78, 5) is 10.6. The molecule has 0 aliphatic carbocycles. The van der Waals surface area contributed by atoms with Crippen LogP contribution < -0.4 is 0 Å². The van der Waals surface area contributed by atoms with Gasteiger partial charge in [-0.1, -0.05) is 0 Å². The maximum atomic E-state index is 12.6. The molecule has 0 aliphatic rings. The Balaban J connectivity index is 4.77. The molecule has 0 saturated carbocycles. The molecule has 0 radical (unpaired) electrons. The number of halogens is 2. The summed E-state index contributed by atoms with van der Waals surface area (Å²) >= 11 is 0. The number of alkyl halides is 2. The van der Waals surface area contributed by atoms with Crippen LogP contribution >= 0.6 is 0 Å². The zero-order chi connectivity index (χ0) is 10.9. The number of esters is 1. The molecule has 0 N–H and O–H groups in total. The molecule has 78 valence electrons. The summed E-state index contributed by atoms with van der Waals surface area (Å²) in [7, 11) is -4.76. The van der Waals surface area contributed by atoms with Crippen LogP contribution in [0.4, 0.5) is 8.78 Å². The van der Waals surface area contributed by atoms with Crippen LogP contribution in [0.15, 0.2) is 0 Å². The Labute approximate surface area is 74.8 Å². The standard InChI is InChI=1S/C6H10F2O4S/c1-4(2)12-5(9)6(7,8)13(3,10)11/h4H,1-3H3. The summed E-state index contributed by atoms with van der Waals surface area (Å²) in [6.07, 6.45) is -0.505. The van der Waals surface area contributed by atoms with Gasteiger partial charge < -0.3 is 4.74 Å². The maximum Gasteiger partial charge on any atom is 0.439 e. The topological polar surface area (TPSA) is 60.4 Å². The van der Waals surface area contributed by atoms with Gasteiger partial charge in [0.05, 0.1) is 6.10 Å². The minimum absolute atomic E-state index is 0.272. The third-order valence-corrected chi connectivity index (χ3v) is 2.14. The average Bonchev–Trinajstić information content (AvgIpc) is 1.82. The van der Waals surface area contributed by atoms with Gasteiger partial charge >= 0.3 is 11.2 Å². The molecule has 0 atom stereocenters. The van der Waals surface area contributed by atoms with E-state index in [0.29, 0.717) is 0 Å². The van der Waals surface area contributed by atoms with Crippen molar-refractivity contribution >= 4 is 15.8 Å². The van der Waals surface area contributed by atoms with Crippen LogP contribution in [-0.2, 0) is 19.4 Å². The third kappa shape index (κ3) is 2.91. The highest BCUT2D eigenvalue weighted by Crippen LogP contribution is 2.22. The van der Waals surface area contributed by atoms with E-state index in [2.05, 4.69) is 4.74 Å². The molecule has 0 saturated heterocycles. The van der Waals surface area contributed by atoms with Gasteiger partial charge in [0, 0.05) is 6.26 Å². The lowest BCUT2D eigenvalue weighted by molar-refractivity contribution is -0.164. The molecule has 0 aromatic heterocycles. The van der Waals surface area contributed by atoms with E-state index in [-0.39, 0.29) is 6.26 Å². The Hall–Kier alpha value is -0.720. The van der Waals surface area contributed by atoms with E-state index in [1.807, 2.05) is 0 Å². The van der Waals surface area contributed by atoms with E-state index in [9.17, 15) is 22.0 Å². The van der Waals surface area contributed by atoms with Crippen molar-refractivity contribution < 1.29 is 26.7 Å². The monoisotopic (exact) mass is 216 g/mol. The Kier molecular flexibility index (Phi) is 3.37. The van der Waals surface area contributed by atoms with E-state index in [1.54, 1.807) is 0 Å². The molecule has 0 spiro atoms. The molecule has 13 heavy (non-hydrogen) atoms. The van der Waals surface area contributed by atoms with Gasteiger partial charge in [-0.05, 0) is 13.8 Å². The van der Waals surface area contributed by atoms with Crippen LogP contribution in [0.2, 0.25) is 0 Å². The van der Waals surface area contributed by atoms with Crippen LogP contribution in [0.25, 0.3) is 0 Å². The highest BCUT2D eigenvalue weighted by Gasteiger charge is 2.51. The van der Waals surface area contributed by atoms with Crippen molar-refractivity contribution in [2.45, 2.75) is 25.2 Å². The van der Waals surface area contributed by atoms with Gasteiger partial charge in [-0.15, -0.1) is 0 Å². The van der Waals surface area contributed by atoms with Gasteiger partial charge in [-0.3, -0.25) is 0 Å². The lowest BCUT2D eigenvalue weighted by Gasteiger charge is -2.14. The van der Waals surface area contributed by atoms with Gasteiger partial charge in [-0.2, -0.15) is 8.78 Å². The quantitative estimate of drug-likeness (QED) is 0.647. The molecule has 0 fully saturated rings. The van der Waals surface area contributed by atoms with Crippen molar-refractivity contribution in [2.75, 3.05) is 6.26 Å². The summed E-state index contributed by atoms with van der Waals surface area (Å²) in [6.45, 7) is 2.69. The van der Waals surface area contributed by atoms with Crippen LogP contribution in [0.3, 0.4) is 0 Å². The molecular formula is C6H10F2O4S. The fourth-order valence-corrected chi connectivity index (χ4v) is 0.785. The first-order chi connectivity index (χ1) is 5.59. The largest absolute Gasteiger partial charge is 0.458 e. The summed E-state index contributed by atoms with van der Waals surface area (Å²) in [5, 5.41) is -4.46. The second-order valence-electron chi connectivity index (χ2n) is 2.74. The number of carbonyl (C=O) groups excluding carboxylic acids is 1. The number of carbonyl (C=O) groups is 1. The van der Waals surface area contributed by atoms with Gasteiger partial charge in [0.15, 0.2) is 0 Å². The number of hydrogen-bond acceptors (Lipinski definition) is 4. The van der Waals surface area contributed by atoms with Crippen molar-refractivity contribution in [3.63, 3.8) is 0 Å². The van der Waals surface area contributed by atoms with Gasteiger partial charge in [-0.25, -0.2) is 13.2 Å². The van der Waals surface area contributed by atoms with Gasteiger partial charge in [0.1, 0.15) is 0 Å². The predicted octanol–water partition coefficient (Wildman–Crippen LogP) is 0.575. The molecule has 0 unspecified atom stereocenters. The van der Waals surface area contributed by atoms with E-state index in [1.165, 1.54) is 13.8 Å². The first kappa shape index (κ1) is 12.3. The van der Waals surface area contributed by atoms with Crippen molar-refractivity contribution in [2.24, 2.45) is 0 Å². The Morgan fingerprint density at radius 3 is 2.00 bits per heavy atom. The number of sulfone groups is 1. The summed E-state index contributed by atoms with van der Waals surface area (Å²) in [5.74, 6) is -2.04. The van der Waals surface area contributed by atoms with Gasteiger partial charge in [0.2, 0.25) is 9.84 Å². The predicted molar refractivity (Wildman–Crippen MR) is 41.0 cm³/mol. The summed E-state index contributed by atoms with van der Waals surface area (Å²) in [6, 6.07) is 0. The van der Waals surface area contributed by atoms with Crippen molar-refractivity contribution in [1.29, 1.82) is 0 Å². The molecular weight excluding hydrogens is 206 g/mol. The number of hydrogen-bond donors (Lipinski definition) is 0. The highest BCUT2D eigenvalue weighted by molar-refractivity contribution is 7.92. The van der Waals surface area contributed by atoms with E-state index < -0.39 is 27.2 Å². The average molecular weight is 216 g/mol. The number of ether oxygens (including phenoxy) is 1. The Morgan fingerprint density at radius 2 is 1.77 bits per heavy atom. The molecule has 0 rings (SSSR count).